The highest BCUT2D eigenvalue weighted by molar-refractivity contribution is 7.80. The summed E-state index contributed by atoms with van der Waals surface area (Å²) in [6, 6.07) is 27.2. The zero-order valence-electron chi connectivity index (χ0n) is 19.7. The van der Waals surface area contributed by atoms with E-state index in [1.165, 1.54) is 33.4 Å². The molecule has 0 saturated carbocycles. The SMILES string of the molecule is Cc1cc(C2C(c3ccccn3)NC(=S)N2Cc2ccco2)c(C)n1-c1cccc2ccccc12. The summed E-state index contributed by atoms with van der Waals surface area (Å²) in [4.78, 5) is 6.91. The number of furan rings is 1. The lowest BCUT2D eigenvalue weighted by Crippen LogP contribution is -2.29. The fourth-order valence-corrected chi connectivity index (χ4v) is 5.65. The Balaban J connectivity index is 1.51. The fourth-order valence-electron chi connectivity index (χ4n) is 5.35. The first-order chi connectivity index (χ1) is 17.1. The molecule has 2 unspecified atom stereocenters. The molecular weight excluding hydrogens is 452 g/mol. The first-order valence-corrected chi connectivity index (χ1v) is 12.2. The van der Waals surface area contributed by atoms with Gasteiger partial charge in [0.1, 0.15) is 5.76 Å². The van der Waals surface area contributed by atoms with Crippen LogP contribution >= 0.6 is 12.2 Å². The number of fused-ring (bicyclic) bond motifs is 1. The second-order valence-electron chi connectivity index (χ2n) is 8.99. The third kappa shape index (κ3) is 3.70. The molecule has 1 N–H and O–H groups in total. The van der Waals surface area contributed by atoms with Gasteiger partial charge in [-0.3, -0.25) is 4.98 Å². The fraction of sp³-hybridized carbons (Fsp3) is 0.172. The van der Waals surface area contributed by atoms with E-state index in [1.54, 1.807) is 6.26 Å². The minimum Gasteiger partial charge on any atom is -0.467 e. The van der Waals surface area contributed by atoms with E-state index < -0.39 is 0 Å². The van der Waals surface area contributed by atoms with E-state index in [4.69, 9.17) is 16.6 Å². The predicted octanol–water partition coefficient (Wildman–Crippen LogP) is 6.41. The Morgan fingerprint density at radius 2 is 1.80 bits per heavy atom. The zero-order chi connectivity index (χ0) is 23.9. The van der Waals surface area contributed by atoms with Crippen LogP contribution in [0, 0.1) is 13.8 Å². The third-order valence-electron chi connectivity index (χ3n) is 6.90. The molecule has 4 heterocycles. The molecule has 0 aliphatic carbocycles. The minimum absolute atomic E-state index is 0.0302. The number of benzene rings is 2. The molecule has 5 nitrogen and oxygen atoms in total. The van der Waals surface area contributed by atoms with Gasteiger partial charge in [0.05, 0.1) is 36.3 Å². The molecule has 1 aliphatic rings. The van der Waals surface area contributed by atoms with Gasteiger partial charge in [0.15, 0.2) is 5.11 Å². The maximum absolute atomic E-state index is 5.85. The number of nitrogens with zero attached hydrogens (tertiary/aromatic N) is 3. The first kappa shape index (κ1) is 21.6. The molecular formula is C29H26N4OS. The Hall–Kier alpha value is -3.90. The van der Waals surface area contributed by atoms with E-state index in [1.807, 2.05) is 30.5 Å². The summed E-state index contributed by atoms with van der Waals surface area (Å²) in [5.41, 5.74) is 5.76. The number of aryl methyl sites for hydroxylation is 1. The number of aromatic nitrogens is 2. The highest BCUT2D eigenvalue weighted by Gasteiger charge is 2.41. The number of hydrogen-bond acceptors (Lipinski definition) is 3. The van der Waals surface area contributed by atoms with Gasteiger partial charge in [-0.1, -0.05) is 42.5 Å². The van der Waals surface area contributed by atoms with Gasteiger partial charge in [0.2, 0.25) is 0 Å². The number of nitrogens with one attached hydrogen (secondary N) is 1. The summed E-state index contributed by atoms with van der Waals surface area (Å²) >= 11 is 5.85. The van der Waals surface area contributed by atoms with Crippen LogP contribution in [-0.4, -0.2) is 19.6 Å². The maximum Gasteiger partial charge on any atom is 0.170 e. The highest BCUT2D eigenvalue weighted by Crippen LogP contribution is 2.42. The standard InChI is InChI=1S/C29H26N4OS/c1-19-17-24(20(2)33(19)26-14-7-10-21-9-3-4-12-23(21)26)28-27(25-13-5-6-15-30-25)31-29(35)32(28)18-22-11-8-16-34-22/h3-17,27-28H,18H2,1-2H3,(H,31,35). The average molecular weight is 479 g/mol. The van der Waals surface area contributed by atoms with Crippen LogP contribution in [0.1, 0.15) is 40.5 Å². The molecule has 6 rings (SSSR count). The van der Waals surface area contributed by atoms with Crippen LogP contribution in [-0.2, 0) is 6.54 Å². The summed E-state index contributed by atoms with van der Waals surface area (Å²) in [5, 5.41) is 6.72. The van der Waals surface area contributed by atoms with E-state index in [0.717, 1.165) is 11.5 Å². The summed E-state index contributed by atoms with van der Waals surface area (Å²) in [7, 11) is 0. The van der Waals surface area contributed by atoms with E-state index in [0.29, 0.717) is 11.7 Å². The molecule has 2 atom stereocenters. The van der Waals surface area contributed by atoms with Crippen LogP contribution in [0.25, 0.3) is 16.5 Å². The summed E-state index contributed by atoms with van der Waals surface area (Å²) in [6.07, 6.45) is 3.55. The largest absolute Gasteiger partial charge is 0.467 e. The summed E-state index contributed by atoms with van der Waals surface area (Å²) in [6.45, 7) is 4.96. The third-order valence-corrected chi connectivity index (χ3v) is 7.25. The number of rotatable bonds is 5. The smallest absolute Gasteiger partial charge is 0.170 e. The van der Waals surface area contributed by atoms with Crippen molar-refractivity contribution in [3.63, 3.8) is 0 Å². The molecule has 5 aromatic rings. The van der Waals surface area contributed by atoms with E-state index in [-0.39, 0.29) is 12.1 Å². The van der Waals surface area contributed by atoms with Crippen LogP contribution in [0.4, 0.5) is 0 Å². The molecule has 0 radical (unpaired) electrons. The number of pyridine rings is 1. The Morgan fingerprint density at radius 3 is 2.60 bits per heavy atom. The van der Waals surface area contributed by atoms with Crippen LogP contribution in [0.3, 0.4) is 0 Å². The Bertz CT molecular complexity index is 1500. The lowest BCUT2D eigenvalue weighted by molar-refractivity contribution is 0.286. The first-order valence-electron chi connectivity index (χ1n) is 11.8. The van der Waals surface area contributed by atoms with Crippen LogP contribution < -0.4 is 5.32 Å². The van der Waals surface area contributed by atoms with Gasteiger partial charge >= 0.3 is 0 Å². The van der Waals surface area contributed by atoms with Crippen molar-refractivity contribution in [3.05, 3.63) is 120 Å². The van der Waals surface area contributed by atoms with Crippen molar-refractivity contribution in [3.8, 4) is 5.69 Å². The number of hydrogen-bond donors (Lipinski definition) is 1. The lowest BCUT2D eigenvalue weighted by Gasteiger charge is -2.27. The molecule has 0 spiro atoms. The number of thiocarbonyl (C=S) groups is 1. The van der Waals surface area contributed by atoms with Crippen molar-refractivity contribution in [1.82, 2.24) is 19.8 Å². The minimum atomic E-state index is -0.0693. The van der Waals surface area contributed by atoms with Crippen molar-refractivity contribution in [2.75, 3.05) is 0 Å². The topological polar surface area (TPSA) is 46.2 Å². The van der Waals surface area contributed by atoms with Gasteiger partial charge in [-0.25, -0.2) is 0 Å². The van der Waals surface area contributed by atoms with Gasteiger partial charge in [-0.15, -0.1) is 0 Å². The molecule has 174 valence electrons. The molecule has 1 fully saturated rings. The van der Waals surface area contributed by atoms with Crippen molar-refractivity contribution in [2.24, 2.45) is 0 Å². The second kappa shape index (κ2) is 8.71. The highest BCUT2D eigenvalue weighted by atomic mass is 32.1. The van der Waals surface area contributed by atoms with Crippen LogP contribution in [0.2, 0.25) is 0 Å². The normalized spacial score (nSPS) is 17.8. The molecule has 0 amide bonds. The predicted molar refractivity (Wildman–Crippen MR) is 142 cm³/mol. The van der Waals surface area contributed by atoms with Crippen molar-refractivity contribution in [1.29, 1.82) is 0 Å². The molecule has 1 aliphatic heterocycles. The van der Waals surface area contributed by atoms with Crippen molar-refractivity contribution < 1.29 is 4.42 Å². The molecule has 3 aromatic heterocycles. The maximum atomic E-state index is 5.85. The van der Waals surface area contributed by atoms with E-state index >= 15 is 0 Å². The van der Waals surface area contributed by atoms with Gasteiger partial charge in [0.25, 0.3) is 0 Å². The molecule has 0 bridgehead atoms. The second-order valence-corrected chi connectivity index (χ2v) is 9.38. The Kier molecular flexibility index (Phi) is 5.38. The van der Waals surface area contributed by atoms with E-state index in [2.05, 4.69) is 88.2 Å². The van der Waals surface area contributed by atoms with Gasteiger partial charge < -0.3 is 19.2 Å². The summed E-state index contributed by atoms with van der Waals surface area (Å²) in [5.74, 6) is 0.878. The lowest BCUT2D eigenvalue weighted by atomic mass is 9.96. The molecule has 35 heavy (non-hydrogen) atoms. The quantitative estimate of drug-likeness (QED) is 0.296. The van der Waals surface area contributed by atoms with E-state index in [9.17, 15) is 0 Å². The monoisotopic (exact) mass is 478 g/mol. The van der Waals surface area contributed by atoms with Crippen molar-refractivity contribution in [2.45, 2.75) is 32.5 Å². The van der Waals surface area contributed by atoms with Crippen LogP contribution in [0.5, 0.6) is 0 Å². The van der Waals surface area contributed by atoms with Gasteiger partial charge in [-0.2, -0.15) is 0 Å². The molecule has 1 saturated heterocycles. The van der Waals surface area contributed by atoms with Gasteiger partial charge in [0, 0.05) is 23.0 Å². The van der Waals surface area contributed by atoms with Gasteiger partial charge in [-0.05, 0) is 73.4 Å². The Morgan fingerprint density at radius 1 is 0.971 bits per heavy atom. The summed E-state index contributed by atoms with van der Waals surface area (Å²) < 4.78 is 8.06. The van der Waals surface area contributed by atoms with Crippen molar-refractivity contribution >= 4 is 28.1 Å². The van der Waals surface area contributed by atoms with Crippen LogP contribution in [0.15, 0.2) is 95.7 Å². The zero-order valence-corrected chi connectivity index (χ0v) is 20.5. The average Bonchev–Trinajstić information content (AvgIpc) is 3.58. The molecule has 6 heteroatoms. The Labute approximate surface area is 210 Å². The molecule has 2 aromatic carbocycles.